The second kappa shape index (κ2) is 7.11. The highest BCUT2D eigenvalue weighted by Crippen LogP contribution is 2.24. The molecule has 1 aromatic heterocycles. The molecule has 0 bridgehead atoms. The predicted octanol–water partition coefficient (Wildman–Crippen LogP) is 2.24. The zero-order valence-corrected chi connectivity index (χ0v) is 14.2. The third-order valence-corrected chi connectivity index (χ3v) is 5.58. The highest BCUT2D eigenvalue weighted by atomic mass is 79.9. The summed E-state index contributed by atoms with van der Waals surface area (Å²) in [5, 5.41) is 7.96. The molecule has 2 atom stereocenters. The van der Waals surface area contributed by atoms with Gasteiger partial charge in [0.25, 0.3) is 0 Å². The lowest BCUT2D eigenvalue weighted by Crippen LogP contribution is -2.45. The largest absolute Gasteiger partial charge is 0.375 e. The van der Waals surface area contributed by atoms with Crippen molar-refractivity contribution in [3.8, 4) is 0 Å². The number of nitrogens with one attached hydrogen (secondary N) is 1. The van der Waals surface area contributed by atoms with Crippen LogP contribution in [0, 0.1) is 6.92 Å². The predicted molar refractivity (Wildman–Crippen MR) is 84.0 cm³/mol. The molecule has 0 amide bonds. The van der Waals surface area contributed by atoms with Crippen molar-refractivity contribution in [2.24, 2.45) is 0 Å². The Morgan fingerprint density at radius 2 is 2.42 bits per heavy atom. The van der Waals surface area contributed by atoms with Gasteiger partial charge < -0.3 is 10.1 Å². The zero-order valence-electron chi connectivity index (χ0n) is 11.8. The summed E-state index contributed by atoms with van der Waals surface area (Å²) in [6.45, 7) is 5.93. The number of aryl methyl sites for hydroxylation is 2. The van der Waals surface area contributed by atoms with Gasteiger partial charge in [-0.05, 0) is 36.8 Å². The van der Waals surface area contributed by atoms with E-state index in [0.717, 1.165) is 41.2 Å². The first-order chi connectivity index (χ1) is 9.17. The number of rotatable bonds is 5. The van der Waals surface area contributed by atoms with E-state index in [0.29, 0.717) is 6.04 Å². The maximum Gasteiger partial charge on any atom is 0.0822 e. The summed E-state index contributed by atoms with van der Waals surface area (Å²) in [7, 11) is 2.01. The Balaban J connectivity index is 2.13. The fraction of sp³-hybridized carbons (Fsp3) is 0.769. The Morgan fingerprint density at radius 3 is 3.00 bits per heavy atom. The van der Waals surface area contributed by atoms with Gasteiger partial charge in [-0.2, -0.15) is 16.9 Å². The number of thioether (sulfide) groups is 1. The molecule has 108 valence electrons. The van der Waals surface area contributed by atoms with Crippen molar-refractivity contribution in [3.63, 3.8) is 0 Å². The molecule has 0 spiro atoms. The monoisotopic (exact) mass is 347 g/mol. The topological polar surface area (TPSA) is 39.1 Å². The smallest absolute Gasteiger partial charge is 0.0822 e. The average molecular weight is 348 g/mol. The van der Waals surface area contributed by atoms with E-state index in [1.165, 1.54) is 5.69 Å². The van der Waals surface area contributed by atoms with Crippen LogP contribution < -0.4 is 5.32 Å². The SMILES string of the molecule is CCn1nc(C)c(Br)c1CC(NC)C1CSCCO1. The molecule has 1 saturated heterocycles. The molecule has 6 heteroatoms. The molecule has 1 aliphatic rings. The van der Waals surface area contributed by atoms with Gasteiger partial charge in [-0.1, -0.05) is 0 Å². The highest BCUT2D eigenvalue weighted by molar-refractivity contribution is 9.10. The zero-order chi connectivity index (χ0) is 13.8. The summed E-state index contributed by atoms with van der Waals surface area (Å²) in [6.07, 6.45) is 1.23. The van der Waals surface area contributed by atoms with Gasteiger partial charge in [-0.15, -0.1) is 0 Å². The minimum absolute atomic E-state index is 0.288. The van der Waals surface area contributed by atoms with Gasteiger partial charge in [-0.25, -0.2) is 0 Å². The van der Waals surface area contributed by atoms with Gasteiger partial charge in [0, 0.05) is 30.5 Å². The van der Waals surface area contributed by atoms with E-state index in [9.17, 15) is 0 Å². The van der Waals surface area contributed by atoms with Gasteiger partial charge in [0.1, 0.15) is 0 Å². The molecule has 4 nitrogen and oxygen atoms in total. The molecule has 0 aliphatic carbocycles. The van der Waals surface area contributed by atoms with E-state index in [1.807, 2.05) is 25.7 Å². The summed E-state index contributed by atoms with van der Waals surface area (Å²) in [6, 6.07) is 0.338. The molecule has 0 radical (unpaired) electrons. The molecule has 1 aliphatic heterocycles. The first kappa shape index (κ1) is 15.4. The van der Waals surface area contributed by atoms with E-state index >= 15 is 0 Å². The van der Waals surface area contributed by atoms with E-state index in [2.05, 4.69) is 38.0 Å². The molecular weight excluding hydrogens is 326 g/mol. The minimum atomic E-state index is 0.288. The van der Waals surface area contributed by atoms with Crippen LogP contribution in [0.5, 0.6) is 0 Å². The second-order valence-electron chi connectivity index (χ2n) is 4.75. The molecule has 1 fully saturated rings. The lowest BCUT2D eigenvalue weighted by atomic mass is 10.1. The number of hydrogen-bond acceptors (Lipinski definition) is 4. The van der Waals surface area contributed by atoms with Crippen molar-refractivity contribution < 1.29 is 4.74 Å². The molecule has 19 heavy (non-hydrogen) atoms. The van der Waals surface area contributed by atoms with E-state index in [4.69, 9.17) is 4.74 Å². The van der Waals surface area contributed by atoms with Crippen molar-refractivity contribution >= 4 is 27.7 Å². The minimum Gasteiger partial charge on any atom is -0.375 e. The third kappa shape index (κ3) is 3.54. The van der Waals surface area contributed by atoms with Gasteiger partial charge in [-0.3, -0.25) is 4.68 Å². The van der Waals surface area contributed by atoms with Crippen molar-refractivity contribution in [2.75, 3.05) is 25.2 Å². The van der Waals surface area contributed by atoms with Crippen LogP contribution in [0.1, 0.15) is 18.3 Å². The number of aromatic nitrogens is 2. The number of likely N-dealkylation sites (N-methyl/N-ethyl adjacent to an activating group) is 1. The normalized spacial score (nSPS) is 21.6. The number of hydrogen-bond donors (Lipinski definition) is 1. The lowest BCUT2D eigenvalue weighted by Gasteiger charge is -2.30. The van der Waals surface area contributed by atoms with E-state index in [1.54, 1.807) is 0 Å². The van der Waals surface area contributed by atoms with E-state index in [-0.39, 0.29) is 6.10 Å². The van der Waals surface area contributed by atoms with Crippen LogP contribution in [0.15, 0.2) is 4.47 Å². The van der Waals surface area contributed by atoms with Crippen molar-refractivity contribution in [2.45, 2.75) is 39.0 Å². The Hall–Kier alpha value is -0.0400. The van der Waals surface area contributed by atoms with Crippen LogP contribution in [0.3, 0.4) is 0 Å². The van der Waals surface area contributed by atoms with Crippen LogP contribution in [0.2, 0.25) is 0 Å². The highest BCUT2D eigenvalue weighted by Gasteiger charge is 2.26. The number of ether oxygens (including phenoxy) is 1. The quantitative estimate of drug-likeness (QED) is 0.886. The molecular formula is C13H22BrN3OS. The Labute approximate surface area is 127 Å². The standard InChI is InChI=1S/C13H22BrN3OS/c1-4-17-11(13(14)9(2)16-17)7-10(15-3)12-8-19-6-5-18-12/h10,12,15H,4-8H2,1-3H3. The van der Waals surface area contributed by atoms with Crippen molar-refractivity contribution in [3.05, 3.63) is 15.9 Å². The molecule has 2 unspecified atom stereocenters. The molecule has 1 aromatic rings. The Morgan fingerprint density at radius 1 is 1.63 bits per heavy atom. The molecule has 1 N–H and O–H groups in total. The van der Waals surface area contributed by atoms with Crippen LogP contribution >= 0.6 is 27.7 Å². The van der Waals surface area contributed by atoms with Crippen LogP contribution in [-0.4, -0.2) is 47.1 Å². The first-order valence-corrected chi connectivity index (χ1v) is 8.70. The summed E-state index contributed by atoms with van der Waals surface area (Å²) >= 11 is 5.64. The van der Waals surface area contributed by atoms with Gasteiger partial charge in [0.15, 0.2) is 0 Å². The fourth-order valence-corrected chi connectivity index (χ4v) is 3.82. The van der Waals surface area contributed by atoms with Gasteiger partial charge in [0.2, 0.25) is 0 Å². The third-order valence-electron chi connectivity index (χ3n) is 3.53. The van der Waals surface area contributed by atoms with Gasteiger partial charge >= 0.3 is 0 Å². The summed E-state index contributed by atoms with van der Waals surface area (Å²) in [5.41, 5.74) is 2.32. The van der Waals surface area contributed by atoms with Crippen LogP contribution in [0.25, 0.3) is 0 Å². The lowest BCUT2D eigenvalue weighted by molar-refractivity contribution is 0.0486. The van der Waals surface area contributed by atoms with Crippen LogP contribution in [-0.2, 0) is 17.7 Å². The fourth-order valence-electron chi connectivity index (χ4n) is 2.43. The molecule has 0 aromatic carbocycles. The average Bonchev–Trinajstić information content (AvgIpc) is 2.72. The molecule has 2 heterocycles. The maximum atomic E-state index is 5.90. The summed E-state index contributed by atoms with van der Waals surface area (Å²) < 4.78 is 9.12. The Kier molecular flexibility index (Phi) is 5.74. The summed E-state index contributed by atoms with van der Waals surface area (Å²) in [5.74, 6) is 2.19. The van der Waals surface area contributed by atoms with E-state index < -0.39 is 0 Å². The first-order valence-electron chi connectivity index (χ1n) is 6.75. The van der Waals surface area contributed by atoms with Crippen molar-refractivity contribution in [1.82, 2.24) is 15.1 Å². The van der Waals surface area contributed by atoms with Gasteiger partial charge in [0.05, 0.1) is 28.6 Å². The Bertz CT molecular complexity index is 418. The number of nitrogens with zero attached hydrogens (tertiary/aromatic N) is 2. The summed E-state index contributed by atoms with van der Waals surface area (Å²) in [4.78, 5) is 0. The van der Waals surface area contributed by atoms with Crippen molar-refractivity contribution in [1.29, 1.82) is 0 Å². The second-order valence-corrected chi connectivity index (χ2v) is 6.69. The number of halogens is 1. The molecule has 2 rings (SSSR count). The van der Waals surface area contributed by atoms with Crippen LogP contribution in [0.4, 0.5) is 0 Å². The molecule has 0 saturated carbocycles. The maximum absolute atomic E-state index is 5.90.